The Bertz CT molecular complexity index is 818. The van der Waals surface area contributed by atoms with E-state index in [9.17, 15) is 13.2 Å². The first-order valence-electron chi connectivity index (χ1n) is 9.32. The highest BCUT2D eigenvalue weighted by Crippen LogP contribution is 2.41. The molecule has 9 heteroatoms. The zero-order valence-electron chi connectivity index (χ0n) is 16.3. The minimum absolute atomic E-state index is 0.00247. The van der Waals surface area contributed by atoms with Gasteiger partial charge in [-0.1, -0.05) is 11.3 Å². The SMILES string of the molecule is Cc1nc(NCN2CCC[C@H]2CN)sc1-c1ccnc(C(C)(C)C(F)(F)F)c1. The highest BCUT2D eigenvalue weighted by Gasteiger charge is 2.49. The fourth-order valence-corrected chi connectivity index (χ4v) is 4.29. The topological polar surface area (TPSA) is 67.1 Å². The van der Waals surface area contributed by atoms with Crippen molar-refractivity contribution in [2.45, 2.75) is 51.2 Å². The number of thiazole rings is 1. The second-order valence-corrected chi connectivity index (χ2v) is 8.66. The first-order valence-corrected chi connectivity index (χ1v) is 10.1. The number of anilines is 1. The van der Waals surface area contributed by atoms with Crippen LogP contribution in [0.1, 0.15) is 38.1 Å². The van der Waals surface area contributed by atoms with Crippen molar-refractivity contribution in [1.82, 2.24) is 14.9 Å². The van der Waals surface area contributed by atoms with Gasteiger partial charge in [-0.15, -0.1) is 0 Å². The third kappa shape index (κ3) is 4.16. The highest BCUT2D eigenvalue weighted by atomic mass is 32.1. The maximum absolute atomic E-state index is 13.4. The Morgan fingerprint density at radius 1 is 1.36 bits per heavy atom. The molecule has 154 valence electrons. The van der Waals surface area contributed by atoms with Gasteiger partial charge in [0.2, 0.25) is 0 Å². The molecule has 1 saturated heterocycles. The predicted octanol–water partition coefficient (Wildman–Crippen LogP) is 4.15. The lowest BCUT2D eigenvalue weighted by Gasteiger charge is -2.27. The molecule has 3 rings (SSSR count). The maximum Gasteiger partial charge on any atom is 0.399 e. The fourth-order valence-electron chi connectivity index (χ4n) is 3.34. The number of nitrogens with two attached hydrogens (primary N) is 1. The van der Waals surface area contributed by atoms with E-state index in [4.69, 9.17) is 5.73 Å². The molecule has 0 saturated carbocycles. The summed E-state index contributed by atoms with van der Waals surface area (Å²) in [7, 11) is 0. The van der Waals surface area contributed by atoms with E-state index in [1.54, 1.807) is 6.07 Å². The summed E-state index contributed by atoms with van der Waals surface area (Å²) in [6.45, 7) is 6.47. The number of nitrogens with one attached hydrogen (secondary N) is 1. The van der Waals surface area contributed by atoms with Crippen LogP contribution in [0.15, 0.2) is 18.3 Å². The number of likely N-dealkylation sites (tertiary alicyclic amines) is 1. The molecule has 0 aliphatic carbocycles. The maximum atomic E-state index is 13.4. The average Bonchev–Trinajstić information content (AvgIpc) is 3.24. The van der Waals surface area contributed by atoms with Crippen LogP contribution in [0.5, 0.6) is 0 Å². The number of hydrogen-bond acceptors (Lipinski definition) is 6. The van der Waals surface area contributed by atoms with Crippen LogP contribution in [0.25, 0.3) is 10.4 Å². The van der Waals surface area contributed by atoms with E-state index < -0.39 is 11.6 Å². The van der Waals surface area contributed by atoms with Crippen LogP contribution in [0, 0.1) is 6.92 Å². The molecule has 28 heavy (non-hydrogen) atoms. The third-order valence-corrected chi connectivity index (χ3v) is 6.54. The van der Waals surface area contributed by atoms with E-state index in [-0.39, 0.29) is 5.69 Å². The molecular weight excluding hydrogens is 387 g/mol. The van der Waals surface area contributed by atoms with Gasteiger partial charge >= 0.3 is 6.18 Å². The van der Waals surface area contributed by atoms with E-state index in [2.05, 4.69) is 20.2 Å². The Kier molecular flexibility index (Phi) is 5.97. The van der Waals surface area contributed by atoms with Crippen molar-refractivity contribution in [2.24, 2.45) is 5.73 Å². The Labute approximate surface area is 167 Å². The molecule has 5 nitrogen and oxygen atoms in total. The van der Waals surface area contributed by atoms with E-state index in [0.717, 1.165) is 48.9 Å². The van der Waals surface area contributed by atoms with Gasteiger partial charge in [0.25, 0.3) is 0 Å². The van der Waals surface area contributed by atoms with Gasteiger partial charge in [0, 0.05) is 25.3 Å². The van der Waals surface area contributed by atoms with Gasteiger partial charge in [0.15, 0.2) is 5.13 Å². The summed E-state index contributed by atoms with van der Waals surface area (Å²) in [6.07, 6.45) is -0.695. The van der Waals surface area contributed by atoms with Crippen molar-refractivity contribution in [2.75, 3.05) is 25.1 Å². The summed E-state index contributed by atoms with van der Waals surface area (Å²) in [5, 5.41) is 4.09. The largest absolute Gasteiger partial charge is 0.399 e. The van der Waals surface area contributed by atoms with Gasteiger partial charge < -0.3 is 11.1 Å². The Balaban J connectivity index is 1.79. The van der Waals surface area contributed by atoms with Gasteiger partial charge in [-0.05, 0) is 51.3 Å². The molecule has 0 unspecified atom stereocenters. The number of aromatic nitrogens is 2. The van der Waals surface area contributed by atoms with E-state index in [0.29, 0.717) is 24.8 Å². The van der Waals surface area contributed by atoms with Gasteiger partial charge in [0.1, 0.15) is 5.41 Å². The van der Waals surface area contributed by atoms with Crippen LogP contribution in [-0.4, -0.2) is 46.8 Å². The van der Waals surface area contributed by atoms with Crippen LogP contribution in [-0.2, 0) is 5.41 Å². The lowest BCUT2D eigenvalue weighted by Crippen LogP contribution is -2.38. The Morgan fingerprint density at radius 3 is 2.79 bits per heavy atom. The van der Waals surface area contributed by atoms with E-state index in [1.807, 2.05) is 6.92 Å². The molecule has 3 N–H and O–H groups in total. The number of pyridine rings is 1. The quantitative estimate of drug-likeness (QED) is 0.745. The van der Waals surface area contributed by atoms with Crippen LogP contribution in [0.3, 0.4) is 0 Å². The molecule has 1 fully saturated rings. The minimum Gasteiger partial charge on any atom is -0.349 e. The summed E-state index contributed by atoms with van der Waals surface area (Å²) in [4.78, 5) is 11.7. The summed E-state index contributed by atoms with van der Waals surface area (Å²) in [6, 6.07) is 3.63. The third-order valence-electron chi connectivity index (χ3n) is 5.37. The van der Waals surface area contributed by atoms with Crippen LogP contribution in [0.2, 0.25) is 0 Å². The van der Waals surface area contributed by atoms with Crippen LogP contribution >= 0.6 is 11.3 Å². The van der Waals surface area contributed by atoms with Crippen molar-refractivity contribution in [3.05, 3.63) is 29.7 Å². The van der Waals surface area contributed by atoms with Crippen molar-refractivity contribution in [3.8, 4) is 10.4 Å². The summed E-state index contributed by atoms with van der Waals surface area (Å²) < 4.78 is 40.1. The summed E-state index contributed by atoms with van der Waals surface area (Å²) in [5.74, 6) is 0. The van der Waals surface area contributed by atoms with Crippen molar-refractivity contribution in [3.63, 3.8) is 0 Å². The molecule has 2 aromatic heterocycles. The summed E-state index contributed by atoms with van der Waals surface area (Å²) in [5.41, 5.74) is 5.28. The Hall–Kier alpha value is -1.71. The fraction of sp³-hybridized carbons (Fsp3) is 0.579. The molecule has 1 atom stereocenters. The number of halogens is 3. The highest BCUT2D eigenvalue weighted by molar-refractivity contribution is 7.19. The zero-order chi connectivity index (χ0) is 20.5. The number of aryl methyl sites for hydroxylation is 1. The van der Waals surface area contributed by atoms with Gasteiger partial charge in [0.05, 0.1) is 22.9 Å². The smallest absolute Gasteiger partial charge is 0.349 e. The first-order chi connectivity index (χ1) is 13.1. The molecule has 0 amide bonds. The van der Waals surface area contributed by atoms with E-state index >= 15 is 0 Å². The normalized spacial score (nSPS) is 18.6. The second kappa shape index (κ2) is 7.96. The molecule has 0 aromatic carbocycles. The molecule has 0 radical (unpaired) electrons. The lowest BCUT2D eigenvalue weighted by molar-refractivity contribution is -0.181. The molecule has 2 aromatic rings. The number of rotatable bonds is 6. The molecule has 0 bridgehead atoms. The van der Waals surface area contributed by atoms with Crippen LogP contribution in [0.4, 0.5) is 18.3 Å². The molecule has 3 heterocycles. The number of nitrogens with zero attached hydrogens (tertiary/aromatic N) is 3. The van der Waals surface area contributed by atoms with Crippen molar-refractivity contribution >= 4 is 16.5 Å². The second-order valence-electron chi connectivity index (χ2n) is 7.67. The molecule has 1 aliphatic heterocycles. The number of hydrogen-bond donors (Lipinski definition) is 2. The minimum atomic E-state index is -4.37. The zero-order valence-corrected chi connectivity index (χ0v) is 17.1. The van der Waals surface area contributed by atoms with E-state index in [1.165, 1.54) is 23.6 Å². The predicted molar refractivity (Wildman–Crippen MR) is 106 cm³/mol. The lowest BCUT2D eigenvalue weighted by atomic mass is 9.87. The first kappa shape index (κ1) is 21.0. The Morgan fingerprint density at radius 2 is 2.11 bits per heavy atom. The number of alkyl halides is 3. The standard InChI is InChI=1S/C19H26F3N5S/c1-12-16(13-6-7-24-15(9-13)18(2,3)19(20,21)22)28-17(26-12)25-11-27-8-4-5-14(27)10-23/h6-7,9,14H,4-5,8,10-11,23H2,1-3H3,(H,25,26)/t14-/m0/s1. The monoisotopic (exact) mass is 413 g/mol. The molecular formula is C19H26F3N5S. The van der Waals surface area contributed by atoms with Crippen molar-refractivity contribution in [1.29, 1.82) is 0 Å². The van der Waals surface area contributed by atoms with Gasteiger partial charge in [-0.3, -0.25) is 9.88 Å². The summed E-state index contributed by atoms with van der Waals surface area (Å²) >= 11 is 1.44. The van der Waals surface area contributed by atoms with Gasteiger partial charge in [-0.2, -0.15) is 13.2 Å². The molecule has 1 aliphatic rings. The average molecular weight is 414 g/mol. The van der Waals surface area contributed by atoms with Crippen molar-refractivity contribution < 1.29 is 13.2 Å². The van der Waals surface area contributed by atoms with Gasteiger partial charge in [-0.25, -0.2) is 4.98 Å². The van der Waals surface area contributed by atoms with Crippen LogP contribution < -0.4 is 11.1 Å². The molecule has 0 spiro atoms.